The fraction of sp³-hybridized carbons (Fsp3) is 0.200. The lowest BCUT2D eigenvalue weighted by Gasteiger charge is -2.18. The number of nitrogens with zero attached hydrogens (tertiary/aromatic N) is 2. The molecule has 1 unspecified atom stereocenters. The first kappa shape index (κ1) is 18.2. The zero-order valence-electron chi connectivity index (χ0n) is 14.5. The van der Waals surface area contributed by atoms with Crippen LogP contribution in [0.2, 0.25) is 5.02 Å². The summed E-state index contributed by atoms with van der Waals surface area (Å²) in [5.41, 5.74) is 9.20. The Bertz CT molecular complexity index is 892. The molecule has 0 bridgehead atoms. The van der Waals surface area contributed by atoms with Crippen LogP contribution in [0.5, 0.6) is 0 Å². The molecular weight excluding hydrogens is 348 g/mol. The topological polar surface area (TPSA) is 72.9 Å². The van der Waals surface area contributed by atoms with E-state index in [4.69, 9.17) is 17.3 Å². The average molecular weight is 369 g/mol. The molecule has 3 rings (SSSR count). The highest BCUT2D eigenvalue weighted by Gasteiger charge is 2.17. The van der Waals surface area contributed by atoms with Gasteiger partial charge < -0.3 is 11.1 Å². The summed E-state index contributed by atoms with van der Waals surface area (Å²) in [5.74, 6) is -0.231. The van der Waals surface area contributed by atoms with Crippen molar-refractivity contribution in [2.24, 2.45) is 12.8 Å². The molecule has 1 aromatic heterocycles. The van der Waals surface area contributed by atoms with Gasteiger partial charge in [-0.15, -0.1) is 0 Å². The van der Waals surface area contributed by atoms with Crippen LogP contribution in [-0.2, 0) is 13.5 Å². The number of hydrogen-bond acceptors (Lipinski definition) is 3. The Labute approximate surface area is 157 Å². The molecule has 1 heterocycles. The highest BCUT2D eigenvalue weighted by molar-refractivity contribution is 6.34. The summed E-state index contributed by atoms with van der Waals surface area (Å²) in [6.07, 6.45) is 2.39. The number of rotatable bonds is 6. The molecule has 0 saturated carbocycles. The highest BCUT2D eigenvalue weighted by Crippen LogP contribution is 2.25. The summed E-state index contributed by atoms with van der Waals surface area (Å²) >= 11 is 6.26. The van der Waals surface area contributed by atoms with E-state index in [-0.39, 0.29) is 11.9 Å². The lowest BCUT2D eigenvalue weighted by Crippen LogP contribution is -2.41. The number of carbonyl (C=O) groups excluding carboxylic acids is 1. The SMILES string of the molecule is Cn1nccc1-c1ccc(Cl)c(C(=O)NC(CN)Cc2ccccc2)c1. The Balaban J connectivity index is 1.79. The van der Waals surface area contributed by atoms with Gasteiger partial charge in [-0.2, -0.15) is 5.10 Å². The zero-order chi connectivity index (χ0) is 18.5. The molecule has 0 aliphatic rings. The van der Waals surface area contributed by atoms with Crippen molar-refractivity contribution in [2.75, 3.05) is 6.54 Å². The number of benzene rings is 2. The van der Waals surface area contributed by atoms with Gasteiger partial charge >= 0.3 is 0 Å². The van der Waals surface area contributed by atoms with Crippen molar-refractivity contribution >= 4 is 17.5 Å². The molecule has 26 heavy (non-hydrogen) atoms. The first-order valence-electron chi connectivity index (χ1n) is 8.41. The minimum atomic E-state index is -0.231. The summed E-state index contributed by atoms with van der Waals surface area (Å²) in [4.78, 5) is 12.8. The van der Waals surface area contributed by atoms with Crippen LogP contribution in [0.3, 0.4) is 0 Å². The first-order valence-corrected chi connectivity index (χ1v) is 8.79. The smallest absolute Gasteiger partial charge is 0.253 e. The standard InChI is InChI=1S/C20H21ClN4O/c1-25-19(9-10-23-25)15-7-8-18(21)17(12-15)20(26)24-16(13-22)11-14-5-3-2-4-6-14/h2-10,12,16H,11,13,22H2,1H3,(H,24,26). The second-order valence-electron chi connectivity index (χ2n) is 6.13. The molecule has 3 N–H and O–H groups in total. The molecule has 2 aromatic carbocycles. The summed E-state index contributed by atoms with van der Waals surface area (Å²) in [6.45, 7) is 0.347. The van der Waals surface area contributed by atoms with Crippen molar-refractivity contribution in [3.8, 4) is 11.3 Å². The second kappa shape index (κ2) is 8.17. The third-order valence-electron chi connectivity index (χ3n) is 4.27. The van der Waals surface area contributed by atoms with Gasteiger partial charge in [0.15, 0.2) is 0 Å². The largest absolute Gasteiger partial charge is 0.348 e. The monoisotopic (exact) mass is 368 g/mol. The van der Waals surface area contributed by atoms with Crippen LogP contribution in [0.4, 0.5) is 0 Å². The van der Waals surface area contributed by atoms with Crippen molar-refractivity contribution in [3.63, 3.8) is 0 Å². The van der Waals surface area contributed by atoms with E-state index in [1.165, 1.54) is 0 Å². The predicted molar refractivity (Wildman–Crippen MR) is 104 cm³/mol. The van der Waals surface area contributed by atoms with Gasteiger partial charge in [0.1, 0.15) is 0 Å². The normalized spacial score (nSPS) is 12.0. The van der Waals surface area contributed by atoms with Crippen LogP contribution >= 0.6 is 11.6 Å². The van der Waals surface area contributed by atoms with Crippen LogP contribution in [-0.4, -0.2) is 28.3 Å². The molecule has 0 radical (unpaired) electrons. The zero-order valence-corrected chi connectivity index (χ0v) is 15.3. The maximum Gasteiger partial charge on any atom is 0.253 e. The summed E-state index contributed by atoms with van der Waals surface area (Å²) in [6, 6.07) is 17.1. The molecule has 134 valence electrons. The number of amides is 1. The summed E-state index contributed by atoms with van der Waals surface area (Å²) in [7, 11) is 1.86. The molecule has 0 saturated heterocycles. The maximum atomic E-state index is 12.8. The van der Waals surface area contributed by atoms with Gasteiger partial charge in [0.05, 0.1) is 16.3 Å². The minimum Gasteiger partial charge on any atom is -0.348 e. The molecule has 1 atom stereocenters. The number of nitrogens with two attached hydrogens (primary N) is 1. The van der Waals surface area contributed by atoms with Gasteiger partial charge in [0.25, 0.3) is 5.91 Å². The molecule has 6 heteroatoms. The molecule has 0 aliphatic carbocycles. The van der Waals surface area contributed by atoms with E-state index in [0.29, 0.717) is 23.6 Å². The Hall–Kier alpha value is -2.63. The second-order valence-corrected chi connectivity index (χ2v) is 6.54. The van der Waals surface area contributed by atoms with E-state index in [2.05, 4.69) is 10.4 Å². The number of halogens is 1. The van der Waals surface area contributed by atoms with Gasteiger partial charge in [0.2, 0.25) is 0 Å². The first-order chi connectivity index (χ1) is 12.6. The van der Waals surface area contributed by atoms with Crippen molar-refractivity contribution in [1.82, 2.24) is 15.1 Å². The van der Waals surface area contributed by atoms with Crippen LogP contribution in [0.15, 0.2) is 60.8 Å². The predicted octanol–water partition coefficient (Wildman–Crippen LogP) is 3.04. The van der Waals surface area contributed by atoms with E-state index >= 15 is 0 Å². The van der Waals surface area contributed by atoms with Crippen molar-refractivity contribution in [1.29, 1.82) is 0 Å². The molecule has 1 amide bonds. The van der Waals surface area contributed by atoms with E-state index in [1.54, 1.807) is 23.0 Å². The highest BCUT2D eigenvalue weighted by atomic mass is 35.5. The number of aromatic nitrogens is 2. The maximum absolute atomic E-state index is 12.8. The summed E-state index contributed by atoms with van der Waals surface area (Å²) in [5, 5.41) is 7.56. The van der Waals surface area contributed by atoms with Crippen molar-refractivity contribution < 1.29 is 4.79 Å². The lowest BCUT2D eigenvalue weighted by atomic mass is 10.0. The van der Waals surface area contributed by atoms with Gasteiger partial charge in [-0.1, -0.05) is 48.0 Å². The molecule has 0 spiro atoms. The Morgan fingerprint density at radius 1 is 1.23 bits per heavy atom. The molecule has 0 fully saturated rings. The van der Waals surface area contributed by atoms with Gasteiger partial charge in [-0.25, -0.2) is 0 Å². The average Bonchev–Trinajstić information content (AvgIpc) is 3.08. The van der Waals surface area contributed by atoms with E-state index in [0.717, 1.165) is 16.8 Å². The summed E-state index contributed by atoms with van der Waals surface area (Å²) < 4.78 is 1.75. The van der Waals surface area contributed by atoms with Gasteiger partial charge in [-0.3, -0.25) is 9.48 Å². The van der Waals surface area contributed by atoms with Gasteiger partial charge in [-0.05, 0) is 30.2 Å². The fourth-order valence-electron chi connectivity index (χ4n) is 2.87. The lowest BCUT2D eigenvalue weighted by molar-refractivity contribution is 0.0938. The number of aryl methyl sites for hydroxylation is 1. The third kappa shape index (κ3) is 4.12. The number of carbonyl (C=O) groups is 1. The number of nitrogens with one attached hydrogen (secondary N) is 1. The quantitative estimate of drug-likeness (QED) is 0.702. The van der Waals surface area contributed by atoms with E-state index in [9.17, 15) is 4.79 Å². The van der Waals surface area contributed by atoms with E-state index in [1.807, 2.05) is 49.5 Å². The van der Waals surface area contributed by atoms with Crippen molar-refractivity contribution in [2.45, 2.75) is 12.5 Å². The molecule has 3 aromatic rings. The number of hydrogen-bond donors (Lipinski definition) is 2. The van der Waals surface area contributed by atoms with Crippen molar-refractivity contribution in [3.05, 3.63) is 76.9 Å². The molecule has 0 aliphatic heterocycles. The Morgan fingerprint density at radius 3 is 2.65 bits per heavy atom. The molecular formula is C20H21ClN4O. The minimum absolute atomic E-state index is 0.165. The van der Waals surface area contributed by atoms with Crippen LogP contribution in [0.1, 0.15) is 15.9 Å². The van der Waals surface area contributed by atoms with Crippen LogP contribution < -0.4 is 11.1 Å². The Morgan fingerprint density at radius 2 is 2.00 bits per heavy atom. The van der Waals surface area contributed by atoms with E-state index < -0.39 is 0 Å². The molecule has 5 nitrogen and oxygen atoms in total. The third-order valence-corrected chi connectivity index (χ3v) is 4.60. The Kier molecular flexibility index (Phi) is 5.71. The van der Waals surface area contributed by atoms with Crippen LogP contribution in [0.25, 0.3) is 11.3 Å². The fourth-order valence-corrected chi connectivity index (χ4v) is 3.07. The van der Waals surface area contributed by atoms with Gasteiger partial charge in [0, 0.05) is 31.4 Å². The van der Waals surface area contributed by atoms with Crippen LogP contribution in [0, 0.1) is 0 Å².